The van der Waals surface area contributed by atoms with Crippen molar-refractivity contribution in [2.24, 2.45) is 23.7 Å². The van der Waals surface area contributed by atoms with Gasteiger partial charge in [0.05, 0.1) is 0 Å². The number of hydrogen-bond donors (Lipinski definition) is 4. The second-order valence-electron chi connectivity index (χ2n) is 16.1. The largest absolute Gasteiger partial charge is 0.508 e. The first-order valence-electron chi connectivity index (χ1n) is 20.0. The maximum Gasteiger partial charge on any atom is 0.125 e. The molecule has 0 spiro atoms. The summed E-state index contributed by atoms with van der Waals surface area (Å²) < 4.78 is 0. The minimum absolute atomic E-state index is 0.217. The zero-order valence-electron chi connectivity index (χ0n) is 32.4. The third kappa shape index (κ3) is 14.2. The lowest BCUT2D eigenvalue weighted by Crippen LogP contribution is -2.06. The van der Waals surface area contributed by atoms with E-state index in [0.29, 0.717) is 60.5 Å². The Morgan fingerprint density at radius 1 is 0.417 bits per heavy atom. The number of phenolic OH excluding ortho intramolecular Hbond substituents is 4. The van der Waals surface area contributed by atoms with Crippen LogP contribution in [0.5, 0.6) is 23.0 Å². The third-order valence-corrected chi connectivity index (χ3v) is 10.6. The minimum atomic E-state index is 0.217. The highest BCUT2D eigenvalue weighted by atomic mass is 16.3. The summed E-state index contributed by atoms with van der Waals surface area (Å²) in [6.07, 6.45) is 19.7. The molecule has 0 unspecified atom stereocenters. The number of aromatic hydroxyl groups is 4. The first kappa shape index (κ1) is 41.8. The van der Waals surface area contributed by atoms with Crippen molar-refractivity contribution < 1.29 is 20.4 Å². The lowest BCUT2D eigenvalue weighted by molar-refractivity contribution is 0.407. The fraction of sp³-hybridized carbons (Fsp3) is 0.727. The van der Waals surface area contributed by atoms with E-state index in [9.17, 15) is 20.4 Å². The molecule has 0 radical (unpaired) electrons. The average Bonchev–Trinajstić information content (AvgIpc) is 3.01. The monoisotopic (exact) mass is 667 g/mol. The Hall–Kier alpha value is -2.36. The Bertz CT molecular complexity index is 1100. The van der Waals surface area contributed by atoms with Crippen LogP contribution in [0.1, 0.15) is 179 Å². The summed E-state index contributed by atoms with van der Waals surface area (Å²) >= 11 is 0. The topological polar surface area (TPSA) is 80.9 Å². The van der Waals surface area contributed by atoms with Crippen molar-refractivity contribution in [3.63, 3.8) is 0 Å². The van der Waals surface area contributed by atoms with E-state index in [1.54, 1.807) is 0 Å². The van der Waals surface area contributed by atoms with E-state index in [4.69, 9.17) is 0 Å². The fourth-order valence-electron chi connectivity index (χ4n) is 7.29. The molecule has 2 aromatic carbocycles. The van der Waals surface area contributed by atoms with Gasteiger partial charge in [-0.3, -0.25) is 0 Å². The molecule has 0 saturated heterocycles. The second kappa shape index (κ2) is 22.4. The summed E-state index contributed by atoms with van der Waals surface area (Å²) in [5, 5.41) is 45.8. The van der Waals surface area contributed by atoms with E-state index in [0.717, 1.165) is 86.5 Å². The summed E-state index contributed by atoms with van der Waals surface area (Å²) in [6.45, 7) is 18.0. The van der Waals surface area contributed by atoms with Crippen LogP contribution in [0.2, 0.25) is 0 Å². The van der Waals surface area contributed by atoms with E-state index in [1.165, 1.54) is 38.5 Å². The van der Waals surface area contributed by atoms with E-state index < -0.39 is 0 Å². The van der Waals surface area contributed by atoms with Crippen LogP contribution in [0.4, 0.5) is 0 Å². The van der Waals surface area contributed by atoms with Gasteiger partial charge in [0.15, 0.2) is 0 Å². The van der Waals surface area contributed by atoms with Crippen LogP contribution >= 0.6 is 0 Å². The summed E-state index contributed by atoms with van der Waals surface area (Å²) in [7, 11) is 0. The number of aryl methyl sites for hydroxylation is 2. The van der Waals surface area contributed by atoms with E-state index in [2.05, 4.69) is 55.4 Å². The van der Waals surface area contributed by atoms with E-state index in [1.807, 2.05) is 12.1 Å². The van der Waals surface area contributed by atoms with Crippen molar-refractivity contribution in [3.05, 3.63) is 45.5 Å². The molecule has 0 aliphatic carbocycles. The van der Waals surface area contributed by atoms with Crippen molar-refractivity contribution in [2.45, 2.75) is 184 Å². The highest BCUT2D eigenvalue weighted by molar-refractivity contribution is 5.56. The zero-order valence-corrected chi connectivity index (χ0v) is 32.4. The molecular weight excluding hydrogens is 592 g/mol. The number of phenols is 4. The molecule has 2 rings (SSSR count). The Morgan fingerprint density at radius 3 is 1.12 bits per heavy atom. The Balaban J connectivity index is 2.38. The Labute approximate surface area is 295 Å². The molecule has 274 valence electrons. The first-order chi connectivity index (χ1) is 22.9. The minimum Gasteiger partial charge on any atom is -0.508 e. The Morgan fingerprint density at radius 2 is 0.792 bits per heavy atom. The van der Waals surface area contributed by atoms with Gasteiger partial charge in [0.1, 0.15) is 23.0 Å². The van der Waals surface area contributed by atoms with Gasteiger partial charge in [0.2, 0.25) is 0 Å². The van der Waals surface area contributed by atoms with Crippen molar-refractivity contribution in [1.29, 1.82) is 0 Å². The van der Waals surface area contributed by atoms with Crippen LogP contribution in [0.3, 0.4) is 0 Å². The van der Waals surface area contributed by atoms with Gasteiger partial charge < -0.3 is 20.4 Å². The highest BCUT2D eigenvalue weighted by Gasteiger charge is 2.22. The first-order valence-corrected chi connectivity index (χ1v) is 20.0. The maximum absolute atomic E-state index is 11.7. The predicted octanol–water partition coefficient (Wildman–Crippen LogP) is 12.5. The molecule has 0 bridgehead atoms. The number of benzene rings is 2. The molecule has 4 N–H and O–H groups in total. The van der Waals surface area contributed by atoms with Gasteiger partial charge >= 0.3 is 0 Å². The van der Waals surface area contributed by atoms with Crippen molar-refractivity contribution in [3.8, 4) is 23.0 Å². The average molecular weight is 667 g/mol. The van der Waals surface area contributed by atoms with Crippen molar-refractivity contribution in [1.82, 2.24) is 0 Å². The smallest absolute Gasteiger partial charge is 0.125 e. The van der Waals surface area contributed by atoms with Crippen LogP contribution in [-0.4, -0.2) is 20.4 Å². The molecule has 0 amide bonds. The SMILES string of the molecule is CCCCCc1cc(O)c(CC[C@H](C)CCCC(C)C)c(O)c1CCc1c(CCCCC)cc(O)c(CC[C@@H](C)CCCC(C)C)c1O. The molecular formula is C44H74O4. The zero-order chi connectivity index (χ0) is 35.6. The van der Waals surface area contributed by atoms with E-state index in [-0.39, 0.29) is 23.0 Å². The normalized spacial score (nSPS) is 13.1. The van der Waals surface area contributed by atoms with Gasteiger partial charge in [-0.05, 0) is 122 Å². The molecule has 2 atom stereocenters. The lowest BCUT2D eigenvalue weighted by atomic mass is 9.87. The molecule has 0 fully saturated rings. The molecule has 4 heteroatoms. The van der Waals surface area contributed by atoms with Crippen LogP contribution in [0.25, 0.3) is 0 Å². The van der Waals surface area contributed by atoms with Gasteiger partial charge in [-0.25, -0.2) is 0 Å². The summed E-state index contributed by atoms with van der Waals surface area (Å²) in [6, 6.07) is 3.82. The highest BCUT2D eigenvalue weighted by Crippen LogP contribution is 2.40. The summed E-state index contributed by atoms with van der Waals surface area (Å²) in [5.41, 5.74) is 5.22. The molecule has 48 heavy (non-hydrogen) atoms. The van der Waals surface area contributed by atoms with Crippen LogP contribution in [0, 0.1) is 23.7 Å². The van der Waals surface area contributed by atoms with Crippen molar-refractivity contribution in [2.75, 3.05) is 0 Å². The van der Waals surface area contributed by atoms with Gasteiger partial charge in [0.25, 0.3) is 0 Å². The standard InChI is InChI=1S/C44H74O4/c1-9-11-13-21-35-29-41(45)39(25-23-33(7)19-15-17-31(3)4)43(47)37(35)27-28-38-36(22-14-12-10-2)30-42(46)40(44(38)48)26-24-34(8)20-16-18-32(5)6/h29-34,45-48H,9-28H2,1-8H3/t33-,34+. The molecule has 0 aliphatic rings. The molecule has 0 aromatic heterocycles. The molecule has 0 heterocycles. The molecule has 2 aromatic rings. The van der Waals surface area contributed by atoms with Crippen LogP contribution in [0.15, 0.2) is 12.1 Å². The molecule has 0 saturated carbocycles. The van der Waals surface area contributed by atoms with Gasteiger partial charge in [-0.1, -0.05) is 120 Å². The summed E-state index contributed by atoms with van der Waals surface area (Å²) in [4.78, 5) is 0. The second-order valence-corrected chi connectivity index (χ2v) is 16.1. The van der Waals surface area contributed by atoms with E-state index >= 15 is 0 Å². The lowest BCUT2D eigenvalue weighted by Gasteiger charge is -2.21. The quantitative estimate of drug-likeness (QED) is 0.0795. The predicted molar refractivity (Wildman–Crippen MR) is 206 cm³/mol. The van der Waals surface area contributed by atoms with Gasteiger partial charge in [-0.15, -0.1) is 0 Å². The fourth-order valence-corrected chi connectivity index (χ4v) is 7.29. The maximum atomic E-state index is 11.7. The van der Waals surface area contributed by atoms with Crippen LogP contribution < -0.4 is 0 Å². The summed E-state index contributed by atoms with van der Waals surface area (Å²) in [5.74, 6) is 3.43. The molecule has 4 nitrogen and oxygen atoms in total. The molecule has 0 aliphatic heterocycles. The van der Waals surface area contributed by atoms with Gasteiger partial charge in [0, 0.05) is 11.1 Å². The van der Waals surface area contributed by atoms with Gasteiger partial charge in [-0.2, -0.15) is 0 Å². The van der Waals surface area contributed by atoms with Crippen molar-refractivity contribution >= 4 is 0 Å². The number of hydrogen-bond acceptors (Lipinski definition) is 4. The van der Waals surface area contributed by atoms with Crippen LogP contribution in [-0.2, 0) is 38.5 Å². The number of rotatable bonds is 25. The Kier molecular flexibility index (Phi) is 19.5. The number of unbranched alkanes of at least 4 members (excludes halogenated alkanes) is 4. The third-order valence-electron chi connectivity index (χ3n) is 10.6.